The quantitative estimate of drug-likeness (QED) is 0.624. The van der Waals surface area contributed by atoms with E-state index in [9.17, 15) is 18.5 Å². The fraction of sp³-hybridized carbons (Fsp3) is 0.636. The number of hydrogen-bond donors (Lipinski definition) is 1. The van der Waals surface area contributed by atoms with Crippen molar-refractivity contribution in [2.45, 2.75) is 30.1 Å². The molecule has 0 aliphatic carbocycles. The van der Waals surface area contributed by atoms with E-state index in [4.69, 9.17) is 16.3 Å². The summed E-state index contributed by atoms with van der Waals surface area (Å²) in [4.78, 5) is 10.0. The van der Waals surface area contributed by atoms with Gasteiger partial charge in [0.1, 0.15) is 4.21 Å². The predicted octanol–water partition coefficient (Wildman–Crippen LogP) is 2.40. The van der Waals surface area contributed by atoms with Gasteiger partial charge in [0, 0.05) is 25.1 Å². The number of halogens is 1. The Hall–Kier alpha value is -0.740. The molecule has 1 aromatic rings. The van der Waals surface area contributed by atoms with Crippen molar-refractivity contribution in [2.75, 3.05) is 13.2 Å². The van der Waals surface area contributed by atoms with Crippen molar-refractivity contribution >= 4 is 38.6 Å². The van der Waals surface area contributed by atoms with Crippen LogP contribution in [0.4, 0.5) is 5.69 Å². The summed E-state index contributed by atoms with van der Waals surface area (Å²) in [5, 5.41) is 10.7. The highest BCUT2D eigenvalue weighted by molar-refractivity contribution is 7.91. The molecule has 0 saturated carbocycles. The molecule has 2 atom stereocenters. The summed E-state index contributed by atoms with van der Waals surface area (Å²) in [6.45, 7) is 2.87. The lowest BCUT2D eigenvalue weighted by Crippen LogP contribution is -2.32. The van der Waals surface area contributed by atoms with Crippen LogP contribution >= 0.6 is 22.9 Å². The predicted molar refractivity (Wildman–Crippen MR) is 79.3 cm³/mol. The highest BCUT2D eigenvalue weighted by atomic mass is 35.5. The molecule has 0 spiro atoms. The van der Waals surface area contributed by atoms with Gasteiger partial charge in [-0.3, -0.25) is 10.1 Å². The van der Waals surface area contributed by atoms with Gasteiger partial charge in [0.05, 0.1) is 11.0 Å². The first kappa shape index (κ1) is 16.6. The van der Waals surface area contributed by atoms with Gasteiger partial charge in [-0.25, -0.2) is 13.1 Å². The Morgan fingerprint density at radius 1 is 1.62 bits per heavy atom. The molecule has 1 aromatic heterocycles. The van der Waals surface area contributed by atoms with E-state index in [1.54, 1.807) is 0 Å². The Balaban J connectivity index is 2.08. The van der Waals surface area contributed by atoms with Gasteiger partial charge < -0.3 is 4.74 Å². The number of thiophene rings is 1. The second-order valence-corrected chi connectivity index (χ2v) is 8.35. The fourth-order valence-corrected chi connectivity index (χ4v) is 5.06. The summed E-state index contributed by atoms with van der Waals surface area (Å²) >= 11 is 6.36. The summed E-state index contributed by atoms with van der Waals surface area (Å²) in [5.41, 5.74) is -0.391. The van der Waals surface area contributed by atoms with Crippen molar-refractivity contribution in [3.8, 4) is 0 Å². The van der Waals surface area contributed by atoms with E-state index >= 15 is 0 Å². The normalized spacial score (nSPS) is 22.6. The molecule has 2 heterocycles. The summed E-state index contributed by atoms with van der Waals surface area (Å²) in [7, 11) is -3.79. The lowest BCUT2D eigenvalue weighted by atomic mass is 10.0. The van der Waals surface area contributed by atoms with Gasteiger partial charge in [-0.15, -0.1) is 11.3 Å². The molecular weight excluding hydrogens is 340 g/mol. The van der Waals surface area contributed by atoms with Crippen molar-refractivity contribution in [3.63, 3.8) is 0 Å². The van der Waals surface area contributed by atoms with Crippen LogP contribution in [0.3, 0.4) is 0 Å². The first-order valence-electron chi connectivity index (χ1n) is 6.40. The van der Waals surface area contributed by atoms with Crippen LogP contribution in [0.25, 0.3) is 0 Å². The van der Waals surface area contributed by atoms with E-state index < -0.39 is 20.6 Å². The molecule has 1 aliphatic heterocycles. The summed E-state index contributed by atoms with van der Waals surface area (Å²) in [6, 6.07) is 0.984. The summed E-state index contributed by atoms with van der Waals surface area (Å²) in [6.07, 6.45) is 1.67. The third kappa shape index (κ3) is 3.72. The Morgan fingerprint density at radius 2 is 2.33 bits per heavy atom. The third-order valence-corrected chi connectivity index (χ3v) is 6.63. The van der Waals surface area contributed by atoms with Crippen molar-refractivity contribution in [2.24, 2.45) is 5.92 Å². The zero-order chi connectivity index (χ0) is 15.6. The number of nitrogens with one attached hydrogen (secondary N) is 1. The van der Waals surface area contributed by atoms with E-state index in [-0.39, 0.29) is 27.1 Å². The van der Waals surface area contributed by atoms with Crippen LogP contribution in [0.5, 0.6) is 0 Å². The summed E-state index contributed by atoms with van der Waals surface area (Å²) in [5.74, 6) is 0.121. The molecule has 2 unspecified atom stereocenters. The van der Waals surface area contributed by atoms with Crippen LogP contribution in [0, 0.1) is 16.0 Å². The fourth-order valence-electron chi connectivity index (χ4n) is 2.26. The molecule has 1 aliphatic rings. The molecule has 7 nitrogen and oxygen atoms in total. The Labute approximate surface area is 131 Å². The second-order valence-electron chi connectivity index (χ2n) is 4.70. The van der Waals surface area contributed by atoms with E-state index in [1.165, 1.54) is 0 Å². The van der Waals surface area contributed by atoms with Crippen molar-refractivity contribution in [3.05, 3.63) is 20.5 Å². The topological polar surface area (TPSA) is 98.5 Å². The van der Waals surface area contributed by atoms with Crippen LogP contribution < -0.4 is 4.72 Å². The molecule has 1 saturated heterocycles. The first-order chi connectivity index (χ1) is 9.85. The molecule has 0 radical (unpaired) electrons. The molecule has 0 aromatic carbocycles. The number of ether oxygens (including phenoxy) is 1. The minimum Gasteiger partial charge on any atom is -0.378 e. The molecule has 118 valence electrons. The Morgan fingerprint density at radius 3 is 2.90 bits per heavy atom. The van der Waals surface area contributed by atoms with Crippen LogP contribution in [0.15, 0.2) is 10.3 Å². The zero-order valence-electron chi connectivity index (χ0n) is 11.2. The third-order valence-electron chi connectivity index (χ3n) is 3.39. The molecule has 1 fully saturated rings. The Kier molecular flexibility index (Phi) is 5.20. The zero-order valence-corrected chi connectivity index (χ0v) is 13.6. The van der Waals surface area contributed by atoms with Crippen LogP contribution in [0.2, 0.25) is 4.34 Å². The standard InChI is InChI=1S/C11H15ClN2O5S2/c1-2-9-7(3-4-19-9)6-13-21(17,18)10-5-8(14(15)16)11(12)20-10/h5,7,9,13H,2-4,6H2,1H3. The largest absolute Gasteiger partial charge is 0.378 e. The van der Waals surface area contributed by atoms with Gasteiger partial charge in [-0.1, -0.05) is 18.5 Å². The van der Waals surface area contributed by atoms with Gasteiger partial charge >= 0.3 is 0 Å². The van der Waals surface area contributed by atoms with Gasteiger partial charge in [0.2, 0.25) is 10.0 Å². The van der Waals surface area contributed by atoms with E-state index in [1.807, 2.05) is 6.92 Å². The smallest absolute Gasteiger partial charge is 0.300 e. The van der Waals surface area contributed by atoms with Crippen LogP contribution in [-0.4, -0.2) is 32.6 Å². The van der Waals surface area contributed by atoms with Crippen molar-refractivity contribution in [1.82, 2.24) is 4.72 Å². The molecule has 0 bridgehead atoms. The van der Waals surface area contributed by atoms with Gasteiger partial charge in [-0.05, 0) is 12.8 Å². The molecule has 1 N–H and O–H groups in total. The highest BCUT2D eigenvalue weighted by Crippen LogP contribution is 2.36. The van der Waals surface area contributed by atoms with Crippen LogP contribution in [-0.2, 0) is 14.8 Å². The number of nitrogens with zero attached hydrogens (tertiary/aromatic N) is 1. The van der Waals surface area contributed by atoms with Crippen molar-refractivity contribution in [1.29, 1.82) is 0 Å². The molecular formula is C11H15ClN2O5S2. The number of sulfonamides is 1. The second kappa shape index (κ2) is 6.57. The SMILES string of the molecule is CCC1OCCC1CNS(=O)(=O)c1cc([N+](=O)[O-])c(Cl)s1. The highest BCUT2D eigenvalue weighted by Gasteiger charge is 2.30. The van der Waals surface area contributed by atoms with E-state index in [2.05, 4.69) is 4.72 Å². The summed E-state index contributed by atoms with van der Waals surface area (Å²) < 4.78 is 32.0. The van der Waals surface area contributed by atoms with Gasteiger partial charge in [-0.2, -0.15) is 0 Å². The van der Waals surface area contributed by atoms with Crippen LogP contribution in [0.1, 0.15) is 19.8 Å². The maximum absolute atomic E-state index is 12.1. The van der Waals surface area contributed by atoms with Crippen molar-refractivity contribution < 1.29 is 18.1 Å². The maximum atomic E-state index is 12.1. The maximum Gasteiger partial charge on any atom is 0.300 e. The minimum atomic E-state index is -3.79. The Bertz CT molecular complexity index is 631. The first-order valence-corrected chi connectivity index (χ1v) is 9.08. The lowest BCUT2D eigenvalue weighted by molar-refractivity contribution is -0.384. The molecule has 10 heteroatoms. The molecule has 2 rings (SSSR count). The molecule has 0 amide bonds. The average molecular weight is 355 g/mol. The monoisotopic (exact) mass is 354 g/mol. The molecule has 21 heavy (non-hydrogen) atoms. The lowest BCUT2D eigenvalue weighted by Gasteiger charge is -2.16. The number of nitro groups is 1. The van der Waals surface area contributed by atoms with Gasteiger partial charge in [0.15, 0.2) is 4.34 Å². The minimum absolute atomic E-state index is 0.0500. The number of hydrogen-bond acceptors (Lipinski definition) is 6. The van der Waals surface area contributed by atoms with Gasteiger partial charge in [0.25, 0.3) is 5.69 Å². The number of rotatable bonds is 6. The van der Waals surface area contributed by atoms with E-state index in [0.29, 0.717) is 17.9 Å². The average Bonchev–Trinajstić information content (AvgIpc) is 3.02. The van der Waals surface area contributed by atoms with E-state index in [0.717, 1.165) is 18.9 Å².